The van der Waals surface area contributed by atoms with E-state index in [2.05, 4.69) is 36.3 Å². The zero-order valence-electron chi connectivity index (χ0n) is 10.7. The summed E-state index contributed by atoms with van der Waals surface area (Å²) >= 11 is 3.28. The lowest BCUT2D eigenvalue weighted by molar-refractivity contribution is 0.0447. The Kier molecular flexibility index (Phi) is 3.43. The minimum absolute atomic E-state index is 0.0530. The Morgan fingerprint density at radius 2 is 2.25 bits per heavy atom. The summed E-state index contributed by atoms with van der Waals surface area (Å²) in [4.78, 5) is 20.1. The third-order valence-corrected chi connectivity index (χ3v) is 3.89. The summed E-state index contributed by atoms with van der Waals surface area (Å²) in [5, 5.41) is 16.9. The molecule has 0 radical (unpaired) electrons. The zero-order valence-corrected chi connectivity index (χ0v) is 12.3. The number of amides is 1. The van der Waals surface area contributed by atoms with Crippen LogP contribution in [0.15, 0.2) is 16.9 Å². The van der Waals surface area contributed by atoms with E-state index in [-0.39, 0.29) is 12.4 Å². The number of fused-ring (bicyclic) bond motifs is 1. The average molecular weight is 340 g/mol. The molecule has 1 aliphatic rings. The number of nitrogens with zero attached hydrogens (tertiary/aromatic N) is 4. The number of hydrogen-bond donors (Lipinski definition) is 2. The Hall–Kier alpha value is -1.54. The van der Waals surface area contributed by atoms with Gasteiger partial charge in [-0.05, 0) is 28.8 Å². The number of aromatic nitrogens is 4. The molecule has 3 rings (SSSR count). The van der Waals surface area contributed by atoms with Gasteiger partial charge in [0.15, 0.2) is 0 Å². The predicted octanol–water partition coefficient (Wildman–Crippen LogP) is 0.922. The molecule has 0 saturated heterocycles. The molecular weight excluding hydrogens is 326 g/mol. The highest BCUT2D eigenvalue weighted by Crippen LogP contribution is 2.28. The summed E-state index contributed by atoms with van der Waals surface area (Å²) in [6.07, 6.45) is 6.71. The first-order valence-electron chi connectivity index (χ1n) is 6.44. The van der Waals surface area contributed by atoms with Crippen molar-refractivity contribution in [1.29, 1.82) is 0 Å². The highest BCUT2D eigenvalue weighted by molar-refractivity contribution is 9.10. The predicted molar refractivity (Wildman–Crippen MR) is 74.2 cm³/mol. The van der Waals surface area contributed by atoms with Crippen molar-refractivity contribution >= 4 is 27.6 Å². The molecule has 0 aromatic carbocycles. The molecule has 2 heterocycles. The van der Waals surface area contributed by atoms with Gasteiger partial charge in [-0.3, -0.25) is 4.79 Å². The number of hydrogen-bond acceptors (Lipinski definition) is 5. The summed E-state index contributed by atoms with van der Waals surface area (Å²) in [6.45, 7) is 0.235. The van der Waals surface area contributed by atoms with Crippen LogP contribution < -0.4 is 5.32 Å². The molecule has 0 bridgehead atoms. The molecular formula is C12H14BrN5O2. The maximum Gasteiger partial charge on any atom is 0.291 e. The molecule has 20 heavy (non-hydrogen) atoms. The lowest BCUT2D eigenvalue weighted by Gasteiger charge is -2.21. The van der Waals surface area contributed by atoms with Gasteiger partial charge < -0.3 is 10.4 Å². The van der Waals surface area contributed by atoms with Gasteiger partial charge in [0.2, 0.25) is 5.82 Å². The van der Waals surface area contributed by atoms with Crippen molar-refractivity contribution in [2.75, 3.05) is 6.54 Å². The second-order valence-electron chi connectivity index (χ2n) is 5.07. The normalized spacial score (nSPS) is 17.5. The minimum atomic E-state index is -0.782. The van der Waals surface area contributed by atoms with E-state index in [1.54, 1.807) is 12.4 Å². The van der Waals surface area contributed by atoms with Crippen LogP contribution in [0.2, 0.25) is 0 Å². The smallest absolute Gasteiger partial charge is 0.291 e. The summed E-state index contributed by atoms with van der Waals surface area (Å²) in [5.74, 6) is 0.0158. The second kappa shape index (κ2) is 5.10. The molecule has 0 spiro atoms. The van der Waals surface area contributed by atoms with Gasteiger partial charge in [0.25, 0.3) is 11.7 Å². The van der Waals surface area contributed by atoms with E-state index in [0.29, 0.717) is 5.78 Å². The fourth-order valence-corrected chi connectivity index (χ4v) is 2.69. The standard InChI is InChI=1S/C12H14BrN5O2/c13-8-5-14-11-16-9(17-18(11)6-8)10(19)15-7-12(20)3-1-2-4-12/h5-6,20H,1-4,7H2,(H,15,19). The van der Waals surface area contributed by atoms with Crippen LogP contribution in [0.5, 0.6) is 0 Å². The van der Waals surface area contributed by atoms with Crippen molar-refractivity contribution in [2.24, 2.45) is 0 Å². The highest BCUT2D eigenvalue weighted by atomic mass is 79.9. The average Bonchev–Trinajstić information content (AvgIpc) is 3.02. The Labute approximate surface area is 123 Å². The van der Waals surface area contributed by atoms with Crippen LogP contribution in [0.1, 0.15) is 36.3 Å². The van der Waals surface area contributed by atoms with Crippen LogP contribution in [0.25, 0.3) is 5.78 Å². The van der Waals surface area contributed by atoms with E-state index in [9.17, 15) is 9.90 Å². The molecule has 1 amide bonds. The van der Waals surface area contributed by atoms with Gasteiger partial charge in [-0.1, -0.05) is 12.8 Å². The van der Waals surface area contributed by atoms with Crippen molar-refractivity contribution < 1.29 is 9.90 Å². The molecule has 7 nitrogen and oxygen atoms in total. The Morgan fingerprint density at radius 1 is 1.50 bits per heavy atom. The van der Waals surface area contributed by atoms with Gasteiger partial charge in [0, 0.05) is 18.9 Å². The van der Waals surface area contributed by atoms with Gasteiger partial charge in [-0.2, -0.15) is 4.98 Å². The third-order valence-electron chi connectivity index (χ3n) is 3.48. The molecule has 2 aromatic rings. The van der Waals surface area contributed by atoms with Crippen LogP contribution in [0, 0.1) is 0 Å². The molecule has 2 aromatic heterocycles. The van der Waals surface area contributed by atoms with E-state index in [1.807, 2.05) is 0 Å². The fraction of sp³-hybridized carbons (Fsp3) is 0.500. The van der Waals surface area contributed by atoms with E-state index < -0.39 is 11.5 Å². The van der Waals surface area contributed by atoms with Crippen LogP contribution in [-0.2, 0) is 0 Å². The largest absolute Gasteiger partial charge is 0.388 e. The van der Waals surface area contributed by atoms with Gasteiger partial charge in [-0.15, -0.1) is 5.10 Å². The van der Waals surface area contributed by atoms with E-state index >= 15 is 0 Å². The number of aliphatic hydroxyl groups is 1. The molecule has 1 aliphatic carbocycles. The van der Waals surface area contributed by atoms with Crippen molar-refractivity contribution in [3.63, 3.8) is 0 Å². The number of halogens is 1. The van der Waals surface area contributed by atoms with Crippen LogP contribution in [0.4, 0.5) is 0 Å². The molecule has 8 heteroatoms. The van der Waals surface area contributed by atoms with E-state index in [1.165, 1.54) is 4.52 Å². The molecule has 0 atom stereocenters. The Bertz CT molecular complexity index is 650. The molecule has 2 N–H and O–H groups in total. The summed E-state index contributed by atoms with van der Waals surface area (Å²) in [5.41, 5.74) is -0.782. The van der Waals surface area contributed by atoms with Crippen LogP contribution in [0.3, 0.4) is 0 Å². The maximum atomic E-state index is 12.0. The zero-order chi connectivity index (χ0) is 14.2. The number of carbonyl (C=O) groups is 1. The lowest BCUT2D eigenvalue weighted by atomic mass is 10.0. The van der Waals surface area contributed by atoms with Gasteiger partial charge in [-0.25, -0.2) is 9.50 Å². The lowest BCUT2D eigenvalue weighted by Crippen LogP contribution is -2.41. The fourth-order valence-electron chi connectivity index (χ4n) is 2.39. The Morgan fingerprint density at radius 3 is 3.00 bits per heavy atom. The van der Waals surface area contributed by atoms with Crippen molar-refractivity contribution in [2.45, 2.75) is 31.3 Å². The third kappa shape index (κ3) is 2.66. The molecule has 1 fully saturated rings. The number of nitrogens with one attached hydrogen (secondary N) is 1. The summed E-state index contributed by atoms with van der Waals surface area (Å²) in [7, 11) is 0. The first kappa shape index (κ1) is 13.4. The monoisotopic (exact) mass is 339 g/mol. The van der Waals surface area contributed by atoms with E-state index in [4.69, 9.17) is 0 Å². The number of rotatable bonds is 3. The second-order valence-corrected chi connectivity index (χ2v) is 5.98. The Balaban J connectivity index is 1.72. The van der Waals surface area contributed by atoms with Gasteiger partial charge in [0.05, 0.1) is 10.1 Å². The number of carbonyl (C=O) groups excluding carboxylic acids is 1. The van der Waals surface area contributed by atoms with Crippen molar-refractivity contribution in [3.8, 4) is 0 Å². The first-order chi connectivity index (χ1) is 9.56. The van der Waals surface area contributed by atoms with Crippen LogP contribution >= 0.6 is 15.9 Å². The molecule has 106 valence electrons. The minimum Gasteiger partial charge on any atom is -0.388 e. The van der Waals surface area contributed by atoms with Gasteiger partial charge in [0.1, 0.15) is 0 Å². The first-order valence-corrected chi connectivity index (χ1v) is 7.24. The summed E-state index contributed by atoms with van der Waals surface area (Å²) in [6, 6.07) is 0. The maximum absolute atomic E-state index is 12.0. The molecule has 0 unspecified atom stereocenters. The molecule has 1 saturated carbocycles. The van der Waals surface area contributed by atoms with Crippen molar-refractivity contribution in [3.05, 3.63) is 22.7 Å². The van der Waals surface area contributed by atoms with Crippen molar-refractivity contribution in [1.82, 2.24) is 24.9 Å². The highest BCUT2D eigenvalue weighted by Gasteiger charge is 2.31. The topological polar surface area (TPSA) is 92.4 Å². The summed E-state index contributed by atoms with van der Waals surface area (Å²) < 4.78 is 2.19. The SMILES string of the molecule is O=C(NCC1(O)CCCC1)c1nc2ncc(Br)cn2n1. The quantitative estimate of drug-likeness (QED) is 0.867. The van der Waals surface area contributed by atoms with Crippen LogP contribution in [-0.4, -0.2) is 42.7 Å². The van der Waals surface area contributed by atoms with Gasteiger partial charge >= 0.3 is 0 Å². The molecule has 0 aliphatic heterocycles. The van der Waals surface area contributed by atoms with E-state index in [0.717, 1.165) is 30.2 Å².